The molecule has 2 aromatic rings. The summed E-state index contributed by atoms with van der Waals surface area (Å²) in [6.07, 6.45) is 0.628. The lowest BCUT2D eigenvalue weighted by atomic mass is 9.93. The number of amides is 1. The van der Waals surface area contributed by atoms with E-state index in [2.05, 4.69) is 0 Å². The Morgan fingerprint density at radius 1 is 1.11 bits per heavy atom. The molecule has 1 N–H and O–H groups in total. The number of hydrogen-bond donors (Lipinski definition) is 1. The highest BCUT2D eigenvalue weighted by molar-refractivity contribution is 5.87. The van der Waals surface area contributed by atoms with Crippen LogP contribution in [0.15, 0.2) is 48.5 Å². The van der Waals surface area contributed by atoms with Gasteiger partial charge in [0.25, 0.3) is 0 Å². The zero-order valence-corrected chi connectivity index (χ0v) is 15.4. The maximum atomic E-state index is 12.5. The van der Waals surface area contributed by atoms with Crippen LogP contribution in [0.5, 0.6) is 11.5 Å². The van der Waals surface area contributed by atoms with Crippen LogP contribution in [0, 0.1) is 5.92 Å². The van der Waals surface area contributed by atoms with E-state index in [1.165, 1.54) is 0 Å². The van der Waals surface area contributed by atoms with Gasteiger partial charge in [0.15, 0.2) is 11.5 Å². The molecule has 0 bridgehead atoms. The van der Waals surface area contributed by atoms with Crippen LogP contribution in [0.25, 0.3) is 0 Å². The Balaban J connectivity index is 1.82. The van der Waals surface area contributed by atoms with E-state index in [1.807, 2.05) is 48.5 Å². The lowest BCUT2D eigenvalue weighted by molar-refractivity contribution is -0.142. The Labute approximate surface area is 158 Å². The number of carbonyl (C=O) groups excluding carboxylic acids is 1. The summed E-state index contributed by atoms with van der Waals surface area (Å²) in [4.78, 5) is 25.9. The number of carboxylic acid groups (broad SMARTS) is 1. The Bertz CT molecular complexity index is 821. The van der Waals surface area contributed by atoms with Gasteiger partial charge in [0, 0.05) is 13.0 Å². The summed E-state index contributed by atoms with van der Waals surface area (Å²) in [5, 5.41) is 9.58. The Hall–Kier alpha value is -3.02. The largest absolute Gasteiger partial charge is 0.493 e. The summed E-state index contributed by atoms with van der Waals surface area (Å²) < 4.78 is 10.6. The van der Waals surface area contributed by atoms with Gasteiger partial charge in [-0.05, 0) is 29.7 Å². The van der Waals surface area contributed by atoms with Crippen molar-refractivity contribution in [3.8, 4) is 11.5 Å². The van der Waals surface area contributed by atoms with E-state index in [1.54, 1.807) is 19.1 Å². The van der Waals surface area contributed by atoms with Gasteiger partial charge in [-0.15, -0.1) is 0 Å². The first kappa shape index (κ1) is 18.8. The van der Waals surface area contributed by atoms with Gasteiger partial charge in [-0.1, -0.05) is 36.4 Å². The number of carbonyl (C=O) groups is 2. The predicted molar refractivity (Wildman–Crippen MR) is 99.9 cm³/mol. The first-order valence-corrected chi connectivity index (χ1v) is 8.83. The van der Waals surface area contributed by atoms with Crippen molar-refractivity contribution in [3.63, 3.8) is 0 Å². The zero-order chi connectivity index (χ0) is 19.4. The van der Waals surface area contributed by atoms with Crippen molar-refractivity contribution in [1.29, 1.82) is 0 Å². The van der Waals surface area contributed by atoms with Gasteiger partial charge < -0.3 is 19.5 Å². The van der Waals surface area contributed by atoms with Gasteiger partial charge >= 0.3 is 5.97 Å². The molecule has 1 amide bonds. The third kappa shape index (κ3) is 3.89. The molecule has 1 aliphatic heterocycles. The SMILES string of the molecule is COc1ccc(CCN2C(=O)CC(C(=O)O)C2c2ccccc2)cc1OC. The highest BCUT2D eigenvalue weighted by atomic mass is 16.5. The second-order valence-electron chi connectivity index (χ2n) is 6.53. The van der Waals surface area contributed by atoms with E-state index in [4.69, 9.17) is 9.47 Å². The number of ether oxygens (including phenoxy) is 2. The number of hydrogen-bond acceptors (Lipinski definition) is 4. The first-order valence-electron chi connectivity index (χ1n) is 8.83. The molecule has 0 spiro atoms. The number of aliphatic carboxylic acids is 1. The number of nitrogens with zero attached hydrogens (tertiary/aromatic N) is 1. The van der Waals surface area contributed by atoms with Gasteiger partial charge in [-0.25, -0.2) is 0 Å². The standard InChI is InChI=1S/C21H23NO5/c1-26-17-9-8-14(12-18(17)27-2)10-11-22-19(23)13-16(21(24)25)20(22)15-6-4-3-5-7-15/h3-9,12,16,20H,10-11,13H2,1-2H3,(H,24,25). The smallest absolute Gasteiger partial charge is 0.309 e. The van der Waals surface area contributed by atoms with E-state index in [0.29, 0.717) is 24.5 Å². The molecule has 1 fully saturated rings. The normalized spacial score (nSPS) is 19.2. The lowest BCUT2D eigenvalue weighted by Gasteiger charge is -2.27. The van der Waals surface area contributed by atoms with Gasteiger partial charge in [-0.2, -0.15) is 0 Å². The second-order valence-corrected chi connectivity index (χ2v) is 6.53. The zero-order valence-electron chi connectivity index (χ0n) is 15.4. The van der Waals surface area contributed by atoms with Crippen LogP contribution < -0.4 is 9.47 Å². The molecule has 1 heterocycles. The second kappa shape index (κ2) is 8.12. The Morgan fingerprint density at radius 2 is 1.81 bits per heavy atom. The average Bonchev–Trinajstić information content (AvgIpc) is 3.03. The molecular formula is C21H23NO5. The number of rotatable bonds is 7. The van der Waals surface area contributed by atoms with E-state index >= 15 is 0 Å². The van der Waals surface area contributed by atoms with Crippen LogP contribution in [0.2, 0.25) is 0 Å². The van der Waals surface area contributed by atoms with Gasteiger partial charge in [0.2, 0.25) is 5.91 Å². The molecule has 27 heavy (non-hydrogen) atoms. The molecule has 1 saturated heterocycles. The van der Waals surface area contributed by atoms with E-state index in [-0.39, 0.29) is 12.3 Å². The minimum Gasteiger partial charge on any atom is -0.493 e. The quantitative estimate of drug-likeness (QED) is 0.812. The minimum atomic E-state index is -0.939. The van der Waals surface area contributed by atoms with Crippen molar-refractivity contribution < 1.29 is 24.2 Å². The fourth-order valence-corrected chi connectivity index (χ4v) is 3.62. The summed E-state index contributed by atoms with van der Waals surface area (Å²) in [5.41, 5.74) is 1.84. The fourth-order valence-electron chi connectivity index (χ4n) is 3.62. The van der Waals surface area contributed by atoms with Crippen LogP contribution in [-0.2, 0) is 16.0 Å². The van der Waals surface area contributed by atoms with Crippen molar-refractivity contribution in [1.82, 2.24) is 4.90 Å². The summed E-state index contributed by atoms with van der Waals surface area (Å²) in [5.74, 6) is -0.523. The highest BCUT2D eigenvalue weighted by Gasteiger charge is 2.44. The van der Waals surface area contributed by atoms with Crippen LogP contribution in [0.4, 0.5) is 0 Å². The highest BCUT2D eigenvalue weighted by Crippen LogP contribution is 2.38. The number of carboxylic acids is 1. The summed E-state index contributed by atoms with van der Waals surface area (Å²) in [6, 6.07) is 14.5. The van der Waals surface area contributed by atoms with Crippen LogP contribution in [0.3, 0.4) is 0 Å². The molecule has 142 valence electrons. The number of likely N-dealkylation sites (tertiary alicyclic amines) is 1. The van der Waals surface area contributed by atoms with Crippen molar-refractivity contribution in [2.45, 2.75) is 18.9 Å². The maximum Gasteiger partial charge on any atom is 0.309 e. The molecular weight excluding hydrogens is 346 g/mol. The molecule has 0 saturated carbocycles. The summed E-state index contributed by atoms with van der Waals surface area (Å²) in [7, 11) is 3.16. The lowest BCUT2D eigenvalue weighted by Crippen LogP contribution is -2.32. The monoisotopic (exact) mass is 369 g/mol. The molecule has 0 radical (unpaired) electrons. The molecule has 2 unspecified atom stereocenters. The molecule has 2 aromatic carbocycles. The van der Waals surface area contributed by atoms with Crippen molar-refractivity contribution in [2.75, 3.05) is 20.8 Å². The Morgan fingerprint density at radius 3 is 2.44 bits per heavy atom. The molecule has 3 rings (SSSR count). The molecule has 6 nitrogen and oxygen atoms in total. The summed E-state index contributed by atoms with van der Waals surface area (Å²) >= 11 is 0. The van der Waals surface area contributed by atoms with Crippen LogP contribution >= 0.6 is 0 Å². The van der Waals surface area contributed by atoms with Crippen LogP contribution in [-0.4, -0.2) is 42.6 Å². The summed E-state index contributed by atoms with van der Waals surface area (Å²) in [6.45, 7) is 0.442. The topological polar surface area (TPSA) is 76.1 Å². The van der Waals surface area contributed by atoms with Gasteiger partial charge in [-0.3, -0.25) is 9.59 Å². The van der Waals surface area contributed by atoms with E-state index in [9.17, 15) is 14.7 Å². The molecule has 2 atom stereocenters. The fraction of sp³-hybridized carbons (Fsp3) is 0.333. The van der Waals surface area contributed by atoms with E-state index < -0.39 is 17.9 Å². The minimum absolute atomic E-state index is 0.0286. The molecule has 0 aromatic heterocycles. The van der Waals surface area contributed by atoms with Crippen molar-refractivity contribution in [2.24, 2.45) is 5.92 Å². The number of methoxy groups -OCH3 is 2. The van der Waals surface area contributed by atoms with Gasteiger partial charge in [0.05, 0.1) is 26.2 Å². The third-order valence-electron chi connectivity index (χ3n) is 4.98. The first-order chi connectivity index (χ1) is 13.0. The molecule has 6 heteroatoms. The number of benzene rings is 2. The average molecular weight is 369 g/mol. The third-order valence-corrected chi connectivity index (χ3v) is 4.98. The maximum absolute atomic E-state index is 12.5. The Kier molecular flexibility index (Phi) is 5.64. The predicted octanol–water partition coefficient (Wildman–Crippen LogP) is 2.92. The molecule has 1 aliphatic rings. The van der Waals surface area contributed by atoms with Crippen molar-refractivity contribution >= 4 is 11.9 Å². The van der Waals surface area contributed by atoms with Gasteiger partial charge in [0.1, 0.15) is 0 Å². The van der Waals surface area contributed by atoms with E-state index in [0.717, 1.165) is 11.1 Å². The molecule has 0 aliphatic carbocycles. The van der Waals surface area contributed by atoms with Crippen molar-refractivity contribution in [3.05, 3.63) is 59.7 Å². The van der Waals surface area contributed by atoms with Crippen LogP contribution in [0.1, 0.15) is 23.6 Å².